The Morgan fingerprint density at radius 3 is 2.07 bits per heavy atom. The van der Waals surface area contributed by atoms with Gasteiger partial charge >= 0.3 is 0 Å². The fourth-order valence-electron chi connectivity index (χ4n) is 5.31. The van der Waals surface area contributed by atoms with Crippen LogP contribution in [-0.4, -0.2) is 71.0 Å². The number of carbonyl (C=O) groups excluding carboxylic acids is 1. The monoisotopic (exact) mass is 399 g/mol. The number of nitrogens with zero attached hydrogens (tertiary/aromatic N) is 5. The summed E-state index contributed by atoms with van der Waals surface area (Å²) in [5.74, 6) is 1.76. The Bertz CT molecular complexity index is 692. The molecule has 1 aliphatic carbocycles. The largest absolute Gasteiger partial charge is 0.366 e. The van der Waals surface area contributed by atoms with Crippen LogP contribution < -0.4 is 4.90 Å². The van der Waals surface area contributed by atoms with Gasteiger partial charge in [0.25, 0.3) is 0 Å². The molecular formula is C23H37N5O. The third-order valence-electron chi connectivity index (χ3n) is 7.34. The predicted molar refractivity (Wildman–Crippen MR) is 116 cm³/mol. The molecule has 3 heterocycles. The molecule has 1 aromatic heterocycles. The highest BCUT2D eigenvalue weighted by Gasteiger charge is 2.48. The second-order valence-corrected chi connectivity index (χ2v) is 10.0. The molecule has 0 bridgehead atoms. The Morgan fingerprint density at radius 2 is 1.55 bits per heavy atom. The molecule has 3 aliphatic rings. The van der Waals surface area contributed by atoms with E-state index < -0.39 is 0 Å². The number of amides is 1. The predicted octanol–water partition coefficient (Wildman–Crippen LogP) is 3.15. The first-order valence-corrected chi connectivity index (χ1v) is 11.5. The lowest BCUT2D eigenvalue weighted by atomic mass is 9.60. The molecular weight excluding hydrogens is 362 g/mol. The summed E-state index contributed by atoms with van der Waals surface area (Å²) >= 11 is 0. The van der Waals surface area contributed by atoms with Crippen LogP contribution in [0.15, 0.2) is 12.4 Å². The minimum atomic E-state index is 0.126. The lowest BCUT2D eigenvalue weighted by Gasteiger charge is -2.56. The van der Waals surface area contributed by atoms with E-state index in [9.17, 15) is 4.79 Å². The first kappa shape index (κ1) is 20.6. The van der Waals surface area contributed by atoms with Crippen LogP contribution in [0, 0.1) is 11.3 Å². The molecule has 29 heavy (non-hydrogen) atoms. The zero-order chi connectivity index (χ0) is 20.6. The summed E-state index contributed by atoms with van der Waals surface area (Å²) in [6.07, 6.45) is 9.01. The third-order valence-corrected chi connectivity index (χ3v) is 7.34. The summed E-state index contributed by atoms with van der Waals surface area (Å²) in [6, 6.07) is 0.740. The van der Waals surface area contributed by atoms with Crippen molar-refractivity contribution in [1.29, 1.82) is 0 Å². The van der Waals surface area contributed by atoms with Gasteiger partial charge in [-0.2, -0.15) is 0 Å². The lowest BCUT2D eigenvalue weighted by Crippen LogP contribution is -2.59. The molecule has 6 heteroatoms. The topological polar surface area (TPSA) is 52.6 Å². The van der Waals surface area contributed by atoms with Gasteiger partial charge in [0.2, 0.25) is 5.91 Å². The van der Waals surface area contributed by atoms with Crippen molar-refractivity contribution < 1.29 is 4.79 Å². The van der Waals surface area contributed by atoms with Gasteiger partial charge in [0.15, 0.2) is 0 Å². The van der Waals surface area contributed by atoms with Crippen LogP contribution in [0.3, 0.4) is 0 Å². The van der Waals surface area contributed by atoms with Gasteiger partial charge in [-0.3, -0.25) is 9.69 Å². The van der Waals surface area contributed by atoms with Crippen LogP contribution in [-0.2, 0) is 4.79 Å². The number of aromatic nitrogens is 2. The second-order valence-electron chi connectivity index (χ2n) is 10.0. The van der Waals surface area contributed by atoms with Crippen LogP contribution in [0.4, 0.5) is 5.69 Å². The average Bonchev–Trinajstić information content (AvgIpc) is 2.72. The fourth-order valence-corrected chi connectivity index (χ4v) is 5.31. The number of rotatable bonds is 4. The van der Waals surface area contributed by atoms with Crippen molar-refractivity contribution in [2.75, 3.05) is 44.2 Å². The molecule has 0 N–H and O–H groups in total. The van der Waals surface area contributed by atoms with Crippen molar-refractivity contribution in [2.24, 2.45) is 11.3 Å². The highest BCUT2D eigenvalue weighted by atomic mass is 16.2. The summed E-state index contributed by atoms with van der Waals surface area (Å²) < 4.78 is 0. The van der Waals surface area contributed by atoms with Crippen LogP contribution in [0.2, 0.25) is 0 Å². The smallest absolute Gasteiger partial charge is 0.225 e. The van der Waals surface area contributed by atoms with E-state index in [1.807, 2.05) is 26.2 Å². The molecule has 4 rings (SSSR count). The number of piperazine rings is 1. The van der Waals surface area contributed by atoms with Gasteiger partial charge in [-0.05, 0) is 31.1 Å². The molecule has 1 spiro atoms. The Labute approximate surface area is 175 Å². The summed E-state index contributed by atoms with van der Waals surface area (Å²) in [6.45, 7) is 14.6. The fraction of sp³-hybridized carbons (Fsp3) is 0.783. The number of anilines is 1. The number of hydrogen-bond donors (Lipinski definition) is 0. The molecule has 1 saturated carbocycles. The Kier molecular flexibility index (Phi) is 5.83. The number of hydrogen-bond acceptors (Lipinski definition) is 5. The highest BCUT2D eigenvalue weighted by Crippen LogP contribution is 2.51. The highest BCUT2D eigenvalue weighted by molar-refractivity contribution is 5.78. The van der Waals surface area contributed by atoms with Gasteiger partial charge in [-0.15, -0.1) is 0 Å². The summed E-state index contributed by atoms with van der Waals surface area (Å²) in [4.78, 5) is 28.5. The van der Waals surface area contributed by atoms with Crippen LogP contribution in [0.1, 0.15) is 65.1 Å². The maximum absolute atomic E-state index is 12.2. The zero-order valence-electron chi connectivity index (χ0n) is 18.6. The number of likely N-dealkylation sites (tertiary alicyclic amines) is 1. The third kappa shape index (κ3) is 4.27. The van der Waals surface area contributed by atoms with Crippen molar-refractivity contribution in [3.05, 3.63) is 18.2 Å². The van der Waals surface area contributed by atoms with Crippen molar-refractivity contribution in [3.63, 3.8) is 0 Å². The molecule has 2 aliphatic heterocycles. The van der Waals surface area contributed by atoms with Crippen molar-refractivity contribution in [2.45, 2.75) is 65.3 Å². The van der Waals surface area contributed by atoms with Gasteiger partial charge in [0.1, 0.15) is 5.82 Å². The SMILES string of the molecule is CC(C)C(=O)N1CCC2(CC1)CC(N1CCN(c3cnc(C(C)C)nc3)CC1)C2. The maximum Gasteiger partial charge on any atom is 0.225 e. The maximum atomic E-state index is 12.2. The Balaban J connectivity index is 1.23. The van der Waals surface area contributed by atoms with E-state index in [1.165, 1.54) is 25.7 Å². The lowest BCUT2D eigenvalue weighted by molar-refractivity contribution is -0.139. The first-order valence-electron chi connectivity index (χ1n) is 11.5. The Morgan fingerprint density at radius 1 is 0.966 bits per heavy atom. The zero-order valence-corrected chi connectivity index (χ0v) is 18.6. The van der Waals surface area contributed by atoms with Crippen LogP contribution in [0.5, 0.6) is 0 Å². The van der Waals surface area contributed by atoms with E-state index in [0.717, 1.165) is 56.8 Å². The average molecular weight is 400 g/mol. The van der Waals surface area contributed by atoms with Crippen molar-refractivity contribution >= 4 is 11.6 Å². The van der Waals surface area contributed by atoms with E-state index in [0.29, 0.717) is 17.2 Å². The molecule has 1 amide bonds. The van der Waals surface area contributed by atoms with E-state index in [1.54, 1.807) is 0 Å². The summed E-state index contributed by atoms with van der Waals surface area (Å²) in [7, 11) is 0. The summed E-state index contributed by atoms with van der Waals surface area (Å²) in [5, 5.41) is 0. The molecule has 6 nitrogen and oxygen atoms in total. The van der Waals surface area contributed by atoms with E-state index in [2.05, 4.69) is 38.5 Å². The van der Waals surface area contributed by atoms with Gasteiger partial charge < -0.3 is 9.80 Å². The molecule has 1 aromatic rings. The molecule has 0 unspecified atom stereocenters. The molecule has 0 atom stereocenters. The van der Waals surface area contributed by atoms with Crippen molar-refractivity contribution in [1.82, 2.24) is 19.8 Å². The molecule has 2 saturated heterocycles. The van der Waals surface area contributed by atoms with Crippen molar-refractivity contribution in [3.8, 4) is 0 Å². The van der Waals surface area contributed by atoms with Gasteiger partial charge in [0, 0.05) is 57.1 Å². The molecule has 160 valence electrons. The normalized spacial score (nSPS) is 23.1. The molecule has 0 aromatic carbocycles. The van der Waals surface area contributed by atoms with Crippen LogP contribution in [0.25, 0.3) is 0 Å². The summed E-state index contributed by atoms with van der Waals surface area (Å²) in [5.41, 5.74) is 1.66. The second kappa shape index (κ2) is 8.21. The number of carbonyl (C=O) groups is 1. The standard InChI is InChI=1S/C23H37N5O/c1-17(2)21-24-15-20(16-25-21)27-11-9-26(10-12-27)19-13-23(14-19)5-7-28(8-6-23)22(29)18(3)4/h15-19H,5-14H2,1-4H3. The Hall–Kier alpha value is -1.69. The number of piperidine rings is 1. The minimum Gasteiger partial charge on any atom is -0.366 e. The van der Waals surface area contributed by atoms with E-state index >= 15 is 0 Å². The van der Waals surface area contributed by atoms with Gasteiger partial charge in [-0.25, -0.2) is 9.97 Å². The minimum absolute atomic E-state index is 0.126. The van der Waals surface area contributed by atoms with Gasteiger partial charge in [-0.1, -0.05) is 27.7 Å². The van der Waals surface area contributed by atoms with Gasteiger partial charge in [0.05, 0.1) is 18.1 Å². The van der Waals surface area contributed by atoms with Crippen LogP contribution >= 0.6 is 0 Å². The molecule has 3 fully saturated rings. The quantitative estimate of drug-likeness (QED) is 0.778. The molecule has 0 radical (unpaired) electrons. The van der Waals surface area contributed by atoms with E-state index in [4.69, 9.17) is 0 Å². The van der Waals surface area contributed by atoms with E-state index in [-0.39, 0.29) is 5.92 Å². The first-order chi connectivity index (χ1) is 13.9.